The molecule has 1 atom stereocenters. The number of amides is 2. The molecular weight excluding hydrogens is 408 g/mol. The second-order valence-corrected chi connectivity index (χ2v) is 8.97. The maximum atomic E-state index is 13.1. The average molecular weight is 437 g/mol. The minimum atomic E-state index is -1.44. The molecule has 168 valence electrons. The molecule has 1 aromatic rings. The van der Waals surface area contributed by atoms with Crippen LogP contribution in [0.5, 0.6) is 0 Å². The summed E-state index contributed by atoms with van der Waals surface area (Å²) in [6.45, 7) is 6.92. The fourth-order valence-corrected chi connectivity index (χ4v) is 4.92. The summed E-state index contributed by atoms with van der Waals surface area (Å²) >= 11 is 0. The zero-order valence-corrected chi connectivity index (χ0v) is 18.8. The Morgan fingerprint density at radius 3 is 2.44 bits per heavy atom. The molecule has 3 aliphatic carbocycles. The van der Waals surface area contributed by atoms with E-state index in [4.69, 9.17) is 4.84 Å². The number of nitrogens with one attached hydrogen (secondary N) is 1. The summed E-state index contributed by atoms with van der Waals surface area (Å²) in [6.07, 6.45) is 3.24. The Balaban J connectivity index is 1.60. The van der Waals surface area contributed by atoms with Crippen LogP contribution in [0.3, 0.4) is 0 Å². The van der Waals surface area contributed by atoms with Crippen molar-refractivity contribution in [2.24, 2.45) is 5.41 Å². The molecule has 0 radical (unpaired) electrons. The predicted octanol–water partition coefficient (Wildman–Crippen LogP) is 3.36. The number of aliphatic hydroxyl groups is 1. The van der Waals surface area contributed by atoms with Gasteiger partial charge in [0.15, 0.2) is 5.78 Å². The maximum absolute atomic E-state index is 13.1. The van der Waals surface area contributed by atoms with Crippen LogP contribution in [0.15, 0.2) is 64.3 Å². The number of ketones is 1. The lowest BCUT2D eigenvalue weighted by Gasteiger charge is -2.39. The molecule has 7 heteroatoms. The third-order valence-corrected chi connectivity index (χ3v) is 6.92. The number of hydroxylamine groups is 2. The minimum Gasteiger partial charge on any atom is -0.381 e. The Bertz CT molecular complexity index is 1090. The first-order valence-corrected chi connectivity index (χ1v) is 10.8. The van der Waals surface area contributed by atoms with E-state index in [-0.39, 0.29) is 18.9 Å². The molecule has 0 saturated heterocycles. The topological polar surface area (TPSA) is 95.9 Å². The third-order valence-electron chi connectivity index (χ3n) is 6.92. The molecule has 1 fully saturated rings. The number of Topliss-reactive ketones (excluding diaryl/α,β-unsaturated/α-hetero) is 1. The van der Waals surface area contributed by atoms with Crippen molar-refractivity contribution in [3.8, 4) is 0 Å². The first-order valence-electron chi connectivity index (χ1n) is 10.8. The van der Waals surface area contributed by atoms with E-state index in [1.54, 1.807) is 13.0 Å². The quantitative estimate of drug-likeness (QED) is 0.706. The molecule has 32 heavy (non-hydrogen) atoms. The van der Waals surface area contributed by atoms with Crippen LogP contribution in [0.4, 0.5) is 4.79 Å². The predicted molar refractivity (Wildman–Crippen MR) is 118 cm³/mol. The number of urea groups is 1. The van der Waals surface area contributed by atoms with Gasteiger partial charge in [-0.3, -0.25) is 9.59 Å². The minimum absolute atomic E-state index is 0.00418. The van der Waals surface area contributed by atoms with Gasteiger partial charge in [0.1, 0.15) is 5.60 Å². The smallest absolute Gasteiger partial charge is 0.351 e. The summed E-state index contributed by atoms with van der Waals surface area (Å²) in [5.41, 5.74) is 2.66. The van der Waals surface area contributed by atoms with Crippen molar-refractivity contribution in [3.05, 3.63) is 69.8 Å². The van der Waals surface area contributed by atoms with Crippen LogP contribution < -0.4 is 5.32 Å². The maximum Gasteiger partial charge on any atom is 0.351 e. The van der Waals surface area contributed by atoms with Gasteiger partial charge in [0.2, 0.25) is 0 Å². The van der Waals surface area contributed by atoms with E-state index in [9.17, 15) is 19.5 Å². The Hall–Kier alpha value is -3.19. The second kappa shape index (κ2) is 7.74. The van der Waals surface area contributed by atoms with E-state index in [2.05, 4.69) is 5.32 Å². The monoisotopic (exact) mass is 436 g/mol. The SMILES string of the molecule is CC(=O)ON(CC1=C(C)C=C2C(=O)[C@](C)(O)C3(CC3)C(C)=C21)C(=O)NCc1ccccc1. The molecule has 0 bridgehead atoms. The molecule has 0 unspecified atom stereocenters. The Morgan fingerprint density at radius 2 is 1.84 bits per heavy atom. The molecule has 0 aliphatic heterocycles. The van der Waals surface area contributed by atoms with Crippen molar-refractivity contribution in [2.75, 3.05) is 6.54 Å². The highest BCUT2D eigenvalue weighted by Gasteiger charge is 2.65. The van der Waals surface area contributed by atoms with Gasteiger partial charge in [-0.15, -0.1) is 5.06 Å². The van der Waals surface area contributed by atoms with Crippen molar-refractivity contribution in [3.63, 3.8) is 0 Å². The first-order chi connectivity index (χ1) is 15.1. The average Bonchev–Trinajstić information content (AvgIpc) is 3.51. The number of allylic oxidation sites excluding steroid dienone is 2. The van der Waals surface area contributed by atoms with Crippen molar-refractivity contribution >= 4 is 17.8 Å². The van der Waals surface area contributed by atoms with Crippen molar-refractivity contribution in [1.82, 2.24) is 10.4 Å². The number of carbonyl (C=O) groups excluding carboxylic acids is 3. The molecule has 7 nitrogen and oxygen atoms in total. The molecule has 4 rings (SSSR count). The van der Waals surface area contributed by atoms with Crippen LogP contribution in [0.2, 0.25) is 0 Å². The van der Waals surface area contributed by atoms with Crippen molar-refractivity contribution in [1.29, 1.82) is 0 Å². The molecule has 1 aromatic carbocycles. The van der Waals surface area contributed by atoms with E-state index < -0.39 is 23.0 Å². The molecule has 1 saturated carbocycles. The van der Waals surface area contributed by atoms with Gasteiger partial charge in [-0.05, 0) is 62.0 Å². The molecular formula is C25H28N2O5. The highest BCUT2D eigenvalue weighted by Crippen LogP contribution is 2.64. The lowest BCUT2D eigenvalue weighted by molar-refractivity contribution is -0.172. The van der Waals surface area contributed by atoms with Crippen molar-refractivity contribution in [2.45, 2.75) is 52.7 Å². The highest BCUT2D eigenvalue weighted by molar-refractivity contribution is 6.10. The lowest BCUT2D eigenvalue weighted by Crippen LogP contribution is -2.49. The Morgan fingerprint density at radius 1 is 1.19 bits per heavy atom. The largest absolute Gasteiger partial charge is 0.381 e. The molecule has 3 aliphatic rings. The van der Waals surface area contributed by atoms with E-state index in [1.165, 1.54) is 6.92 Å². The van der Waals surface area contributed by atoms with Crippen LogP contribution >= 0.6 is 0 Å². The van der Waals surface area contributed by atoms with Crippen molar-refractivity contribution < 1.29 is 24.3 Å². The zero-order chi connectivity index (χ0) is 23.3. The van der Waals surface area contributed by atoms with Crippen LogP contribution in [-0.4, -0.2) is 40.1 Å². The zero-order valence-electron chi connectivity index (χ0n) is 18.8. The standard InChI is InChI=1S/C25H28N2O5/c1-15-12-19-21(16(2)25(10-11-25)24(4,31)22(19)29)20(15)14-27(32-17(3)28)23(30)26-13-18-8-6-5-7-9-18/h5-9,12,31H,10-11,13-14H2,1-4H3,(H,26,30)/t24-/m0/s1. The van der Waals surface area contributed by atoms with Gasteiger partial charge >= 0.3 is 12.0 Å². The molecule has 1 spiro atoms. The van der Waals surface area contributed by atoms with Crippen LogP contribution in [0.1, 0.15) is 46.1 Å². The first kappa shape index (κ1) is 22.0. The number of fused-ring (bicyclic) bond motifs is 1. The lowest BCUT2D eigenvalue weighted by atomic mass is 9.67. The number of nitrogens with zero attached hydrogens (tertiary/aromatic N) is 1. The third kappa shape index (κ3) is 3.46. The normalized spacial score (nSPS) is 23.2. The second-order valence-electron chi connectivity index (χ2n) is 8.97. The van der Waals surface area contributed by atoms with Crippen LogP contribution in [0, 0.1) is 5.41 Å². The molecule has 2 N–H and O–H groups in total. The number of hydrogen-bond donors (Lipinski definition) is 2. The number of rotatable bonds is 4. The molecule has 0 heterocycles. The van der Waals surface area contributed by atoms with E-state index in [0.29, 0.717) is 5.57 Å². The fraction of sp³-hybridized carbons (Fsp3) is 0.400. The highest BCUT2D eigenvalue weighted by atomic mass is 16.7. The Kier molecular flexibility index (Phi) is 5.33. The van der Waals surface area contributed by atoms with Crippen LogP contribution in [0.25, 0.3) is 0 Å². The van der Waals surface area contributed by atoms with Gasteiger partial charge < -0.3 is 15.3 Å². The van der Waals surface area contributed by atoms with E-state index in [0.717, 1.165) is 45.8 Å². The number of carbonyl (C=O) groups is 3. The number of hydrogen-bond acceptors (Lipinski definition) is 5. The number of benzene rings is 1. The van der Waals surface area contributed by atoms with Gasteiger partial charge in [0, 0.05) is 24.5 Å². The van der Waals surface area contributed by atoms with Gasteiger partial charge in [-0.2, -0.15) is 0 Å². The van der Waals surface area contributed by atoms with E-state index >= 15 is 0 Å². The van der Waals surface area contributed by atoms with Gasteiger partial charge in [-0.25, -0.2) is 4.79 Å². The summed E-state index contributed by atoms with van der Waals surface area (Å²) in [6, 6.07) is 8.87. The van der Waals surface area contributed by atoms with Gasteiger partial charge in [0.25, 0.3) is 0 Å². The van der Waals surface area contributed by atoms with E-state index in [1.807, 2.05) is 44.2 Å². The summed E-state index contributed by atoms with van der Waals surface area (Å²) in [5.74, 6) is -0.908. The van der Waals surface area contributed by atoms with Gasteiger partial charge in [0.05, 0.1) is 6.54 Å². The summed E-state index contributed by atoms with van der Waals surface area (Å²) < 4.78 is 0. The fourth-order valence-electron chi connectivity index (χ4n) is 4.92. The summed E-state index contributed by atoms with van der Waals surface area (Å²) in [4.78, 5) is 42.9. The summed E-state index contributed by atoms with van der Waals surface area (Å²) in [7, 11) is 0. The van der Waals surface area contributed by atoms with Crippen LogP contribution in [-0.2, 0) is 21.0 Å². The molecule has 2 amide bonds. The Labute approximate surface area is 187 Å². The molecule has 0 aromatic heterocycles. The van der Waals surface area contributed by atoms with Gasteiger partial charge in [-0.1, -0.05) is 35.9 Å². The summed E-state index contributed by atoms with van der Waals surface area (Å²) in [5, 5.41) is 14.8.